The van der Waals surface area contributed by atoms with Crippen LogP contribution in [0.25, 0.3) is 0 Å². The van der Waals surface area contributed by atoms with Gasteiger partial charge in [-0.3, -0.25) is 4.90 Å². The van der Waals surface area contributed by atoms with E-state index in [-0.39, 0.29) is 0 Å². The minimum Gasteiger partial charge on any atom is -0.369 e. The molecule has 1 saturated carbocycles. The van der Waals surface area contributed by atoms with Crippen molar-refractivity contribution in [2.45, 2.75) is 19.3 Å². The molecule has 126 valence electrons. The van der Waals surface area contributed by atoms with Crippen molar-refractivity contribution in [2.75, 3.05) is 37.6 Å². The van der Waals surface area contributed by atoms with Crippen LogP contribution in [0, 0.1) is 12.8 Å². The molecule has 1 aliphatic heterocycles. The molecule has 1 saturated heterocycles. The smallest absolute Gasteiger partial charge is 0.0397 e. The normalized spacial score (nSPS) is 24.2. The van der Waals surface area contributed by atoms with Crippen molar-refractivity contribution in [2.24, 2.45) is 5.92 Å². The van der Waals surface area contributed by atoms with Crippen LogP contribution in [0.4, 0.5) is 5.69 Å². The Morgan fingerprint density at radius 1 is 1.00 bits per heavy atom. The van der Waals surface area contributed by atoms with E-state index in [0.29, 0.717) is 0 Å². The first-order chi connectivity index (χ1) is 11.7. The monoisotopic (exact) mass is 384 g/mol. The molecule has 2 aliphatic rings. The van der Waals surface area contributed by atoms with Crippen LogP contribution >= 0.6 is 15.9 Å². The number of aryl methyl sites for hydroxylation is 1. The highest BCUT2D eigenvalue weighted by Crippen LogP contribution is 2.47. The van der Waals surface area contributed by atoms with Crippen LogP contribution < -0.4 is 4.90 Å². The Balaban J connectivity index is 1.29. The molecule has 4 rings (SSSR count). The second-order valence-corrected chi connectivity index (χ2v) is 8.15. The largest absolute Gasteiger partial charge is 0.369 e. The first-order valence-corrected chi connectivity index (χ1v) is 9.78. The van der Waals surface area contributed by atoms with Gasteiger partial charge >= 0.3 is 0 Å². The van der Waals surface area contributed by atoms with Crippen LogP contribution in [0.15, 0.2) is 53.0 Å². The molecule has 0 bridgehead atoms. The predicted octanol–water partition coefficient (Wildman–Crippen LogP) is 4.68. The molecule has 2 aromatic rings. The summed E-state index contributed by atoms with van der Waals surface area (Å²) in [7, 11) is 0. The molecule has 2 atom stereocenters. The van der Waals surface area contributed by atoms with E-state index in [1.165, 1.54) is 47.3 Å². The summed E-state index contributed by atoms with van der Waals surface area (Å²) >= 11 is 3.56. The van der Waals surface area contributed by atoms with Crippen molar-refractivity contribution in [3.05, 3.63) is 64.1 Å². The maximum absolute atomic E-state index is 3.56. The minimum absolute atomic E-state index is 0.804. The van der Waals surface area contributed by atoms with Gasteiger partial charge in [0.25, 0.3) is 0 Å². The maximum atomic E-state index is 3.56. The zero-order chi connectivity index (χ0) is 16.5. The number of halogens is 1. The topological polar surface area (TPSA) is 6.48 Å². The molecule has 2 aromatic carbocycles. The van der Waals surface area contributed by atoms with E-state index in [0.717, 1.165) is 24.9 Å². The third-order valence-corrected chi connectivity index (χ3v) is 6.01. The Kier molecular flexibility index (Phi) is 4.64. The number of benzene rings is 2. The van der Waals surface area contributed by atoms with Crippen LogP contribution in [0.3, 0.4) is 0 Å². The first-order valence-electron chi connectivity index (χ1n) is 8.99. The van der Waals surface area contributed by atoms with Gasteiger partial charge in [-0.15, -0.1) is 0 Å². The van der Waals surface area contributed by atoms with E-state index in [9.17, 15) is 0 Å². The Morgan fingerprint density at radius 2 is 1.75 bits per heavy atom. The van der Waals surface area contributed by atoms with E-state index in [1.54, 1.807) is 0 Å². The number of piperazine rings is 1. The average Bonchev–Trinajstić information content (AvgIpc) is 3.36. The zero-order valence-corrected chi connectivity index (χ0v) is 15.9. The lowest BCUT2D eigenvalue weighted by molar-refractivity contribution is 0.246. The third-order valence-electron chi connectivity index (χ3n) is 5.51. The fourth-order valence-electron chi connectivity index (χ4n) is 4.03. The molecule has 0 N–H and O–H groups in total. The highest BCUT2D eigenvalue weighted by Gasteiger charge is 2.39. The summed E-state index contributed by atoms with van der Waals surface area (Å²) in [5.41, 5.74) is 4.29. The van der Waals surface area contributed by atoms with Gasteiger partial charge in [0, 0.05) is 42.9 Å². The molecular weight excluding hydrogens is 360 g/mol. The van der Waals surface area contributed by atoms with E-state index in [4.69, 9.17) is 0 Å². The van der Waals surface area contributed by atoms with Crippen LogP contribution in [0.1, 0.15) is 23.5 Å². The minimum atomic E-state index is 0.804. The van der Waals surface area contributed by atoms with E-state index in [2.05, 4.69) is 81.2 Å². The van der Waals surface area contributed by atoms with Crippen molar-refractivity contribution < 1.29 is 0 Å². The number of hydrogen-bond acceptors (Lipinski definition) is 2. The summed E-state index contributed by atoms with van der Waals surface area (Å²) in [6, 6.07) is 17.7. The first kappa shape index (κ1) is 16.2. The van der Waals surface area contributed by atoms with Crippen LogP contribution in [0.5, 0.6) is 0 Å². The lowest BCUT2D eigenvalue weighted by Gasteiger charge is -2.37. The quantitative estimate of drug-likeness (QED) is 0.754. The second-order valence-electron chi connectivity index (χ2n) is 7.23. The Hall–Kier alpha value is -1.32. The van der Waals surface area contributed by atoms with Crippen molar-refractivity contribution in [3.8, 4) is 0 Å². The van der Waals surface area contributed by atoms with Gasteiger partial charge < -0.3 is 4.90 Å². The summed E-state index contributed by atoms with van der Waals surface area (Å²) in [6.45, 7) is 8.14. The summed E-state index contributed by atoms with van der Waals surface area (Å²) < 4.78 is 1.17. The summed E-state index contributed by atoms with van der Waals surface area (Å²) in [5, 5.41) is 0. The lowest BCUT2D eigenvalue weighted by Crippen LogP contribution is -2.47. The summed E-state index contributed by atoms with van der Waals surface area (Å²) in [5.74, 6) is 1.67. The molecule has 0 unspecified atom stereocenters. The molecule has 0 amide bonds. The fraction of sp³-hybridized carbons (Fsp3) is 0.429. The molecule has 0 spiro atoms. The van der Waals surface area contributed by atoms with E-state index in [1.807, 2.05) is 0 Å². The third kappa shape index (κ3) is 3.52. The van der Waals surface area contributed by atoms with Crippen LogP contribution in [-0.2, 0) is 0 Å². The Morgan fingerprint density at radius 3 is 2.46 bits per heavy atom. The molecule has 1 aliphatic carbocycles. The Bertz CT molecular complexity index is 692. The number of anilines is 1. The van der Waals surface area contributed by atoms with Gasteiger partial charge in [0.1, 0.15) is 0 Å². The van der Waals surface area contributed by atoms with Gasteiger partial charge in [0.05, 0.1) is 0 Å². The summed E-state index contributed by atoms with van der Waals surface area (Å²) in [6.07, 6.45) is 1.37. The average molecular weight is 385 g/mol. The van der Waals surface area contributed by atoms with Crippen molar-refractivity contribution in [1.29, 1.82) is 0 Å². The van der Waals surface area contributed by atoms with Crippen LogP contribution in [-0.4, -0.2) is 37.6 Å². The molecule has 24 heavy (non-hydrogen) atoms. The number of nitrogens with zero attached hydrogens (tertiary/aromatic N) is 2. The van der Waals surface area contributed by atoms with Crippen LogP contribution in [0.2, 0.25) is 0 Å². The van der Waals surface area contributed by atoms with Gasteiger partial charge in [0.15, 0.2) is 0 Å². The van der Waals surface area contributed by atoms with Gasteiger partial charge in [-0.2, -0.15) is 0 Å². The molecular formula is C21H25BrN2. The lowest BCUT2D eigenvalue weighted by atomic mass is 10.1. The van der Waals surface area contributed by atoms with Gasteiger partial charge in [0.2, 0.25) is 0 Å². The summed E-state index contributed by atoms with van der Waals surface area (Å²) in [4.78, 5) is 5.21. The molecule has 0 radical (unpaired) electrons. The maximum Gasteiger partial charge on any atom is 0.0397 e. The van der Waals surface area contributed by atoms with Gasteiger partial charge in [-0.1, -0.05) is 46.3 Å². The highest BCUT2D eigenvalue weighted by atomic mass is 79.9. The fourth-order valence-corrected chi connectivity index (χ4v) is 4.51. The molecule has 2 fully saturated rings. The zero-order valence-electron chi connectivity index (χ0n) is 14.3. The van der Waals surface area contributed by atoms with E-state index >= 15 is 0 Å². The SMILES string of the molecule is Cc1cc(Br)ccc1N1CCN(C[C@H]2C[C@@H]2c2ccccc2)CC1. The predicted molar refractivity (Wildman–Crippen MR) is 105 cm³/mol. The number of rotatable bonds is 4. The van der Waals surface area contributed by atoms with Crippen molar-refractivity contribution in [3.63, 3.8) is 0 Å². The van der Waals surface area contributed by atoms with Gasteiger partial charge in [-0.25, -0.2) is 0 Å². The highest BCUT2D eigenvalue weighted by molar-refractivity contribution is 9.10. The number of hydrogen-bond donors (Lipinski definition) is 0. The van der Waals surface area contributed by atoms with Crippen molar-refractivity contribution >= 4 is 21.6 Å². The van der Waals surface area contributed by atoms with Gasteiger partial charge in [-0.05, 0) is 54.5 Å². The molecule has 3 heteroatoms. The molecule has 2 nitrogen and oxygen atoms in total. The molecule has 0 aromatic heterocycles. The molecule has 1 heterocycles. The standard InChI is InChI=1S/C21H25BrN2/c1-16-13-19(22)7-8-21(16)24-11-9-23(10-12-24)15-18-14-20(18)17-5-3-2-4-6-17/h2-8,13,18,20H,9-12,14-15H2,1H3/t18-,20-/m1/s1. The second kappa shape index (κ2) is 6.89. The Labute approximate surface area is 153 Å². The van der Waals surface area contributed by atoms with E-state index < -0.39 is 0 Å². The van der Waals surface area contributed by atoms with Crippen molar-refractivity contribution in [1.82, 2.24) is 4.90 Å².